The van der Waals surface area contributed by atoms with Crippen LogP contribution in [0, 0.1) is 0 Å². The van der Waals surface area contributed by atoms with Gasteiger partial charge >= 0.3 is 12.1 Å². The summed E-state index contributed by atoms with van der Waals surface area (Å²) in [6.45, 7) is 3.84. The Balaban J connectivity index is 1.78. The minimum absolute atomic E-state index is 0.105. The molecule has 0 unspecified atom stereocenters. The standard InChI is InChI=1S/C23H20ClF3O4/c1-3-10-29-22(28)14(2)30-18-7-4-15-5-8-19(12-16(15)11-18)31-21-9-6-17(13-20(21)24)23(25,26)27/h4-9,11-14H,3,10H2,1-2H3/t14-/m1/s1. The molecule has 0 aliphatic rings. The van der Waals surface area contributed by atoms with Crippen LogP contribution >= 0.6 is 11.6 Å². The van der Waals surface area contributed by atoms with Crippen molar-refractivity contribution in [3.05, 3.63) is 65.2 Å². The molecule has 0 spiro atoms. The highest BCUT2D eigenvalue weighted by molar-refractivity contribution is 6.32. The summed E-state index contributed by atoms with van der Waals surface area (Å²) in [4.78, 5) is 11.9. The number of fused-ring (bicyclic) bond motifs is 1. The van der Waals surface area contributed by atoms with Gasteiger partial charge in [0.05, 0.1) is 17.2 Å². The lowest BCUT2D eigenvalue weighted by Crippen LogP contribution is -2.26. The van der Waals surface area contributed by atoms with Crippen molar-refractivity contribution >= 4 is 28.3 Å². The number of benzene rings is 3. The Labute approximate surface area is 182 Å². The summed E-state index contributed by atoms with van der Waals surface area (Å²) in [5, 5.41) is 1.50. The molecule has 0 fully saturated rings. The van der Waals surface area contributed by atoms with Gasteiger partial charge in [0.1, 0.15) is 17.2 Å². The number of rotatable bonds is 7. The average molecular weight is 453 g/mol. The van der Waals surface area contributed by atoms with Gasteiger partial charge in [-0.05, 0) is 66.6 Å². The summed E-state index contributed by atoms with van der Waals surface area (Å²) >= 11 is 5.96. The lowest BCUT2D eigenvalue weighted by Gasteiger charge is -2.15. The first kappa shape index (κ1) is 22.7. The quantitative estimate of drug-likeness (QED) is 0.361. The van der Waals surface area contributed by atoms with E-state index in [0.29, 0.717) is 18.1 Å². The van der Waals surface area contributed by atoms with Gasteiger partial charge in [0.25, 0.3) is 0 Å². The van der Waals surface area contributed by atoms with Crippen LogP contribution in [-0.2, 0) is 15.7 Å². The van der Waals surface area contributed by atoms with Gasteiger partial charge in [0.2, 0.25) is 0 Å². The normalized spacial score (nSPS) is 12.5. The van der Waals surface area contributed by atoms with Crippen LogP contribution < -0.4 is 9.47 Å². The first-order valence-corrected chi connectivity index (χ1v) is 9.97. The van der Waals surface area contributed by atoms with Crippen LogP contribution in [0.1, 0.15) is 25.8 Å². The Morgan fingerprint density at radius 3 is 2.32 bits per heavy atom. The predicted octanol–water partition coefficient (Wildman–Crippen LogP) is 7.02. The van der Waals surface area contributed by atoms with Gasteiger partial charge in [-0.3, -0.25) is 0 Å². The van der Waals surface area contributed by atoms with Crippen LogP contribution in [0.25, 0.3) is 10.8 Å². The van der Waals surface area contributed by atoms with Crippen molar-refractivity contribution in [2.75, 3.05) is 6.61 Å². The van der Waals surface area contributed by atoms with Crippen molar-refractivity contribution in [1.82, 2.24) is 0 Å². The maximum absolute atomic E-state index is 12.8. The molecule has 1 atom stereocenters. The second-order valence-electron chi connectivity index (χ2n) is 6.84. The third-order valence-electron chi connectivity index (χ3n) is 4.36. The fourth-order valence-electron chi connectivity index (χ4n) is 2.80. The third kappa shape index (κ3) is 5.82. The Kier molecular flexibility index (Phi) is 6.95. The number of alkyl halides is 3. The second kappa shape index (κ2) is 9.47. The lowest BCUT2D eigenvalue weighted by atomic mass is 10.1. The van der Waals surface area contributed by atoms with Crippen LogP contribution in [0.3, 0.4) is 0 Å². The van der Waals surface area contributed by atoms with Crippen molar-refractivity contribution in [3.8, 4) is 17.2 Å². The summed E-state index contributed by atoms with van der Waals surface area (Å²) in [6, 6.07) is 13.4. The maximum atomic E-state index is 12.8. The van der Waals surface area contributed by atoms with Crippen LogP contribution in [0.4, 0.5) is 13.2 Å². The Morgan fingerprint density at radius 2 is 1.68 bits per heavy atom. The molecule has 0 saturated carbocycles. The van der Waals surface area contributed by atoms with Gasteiger partial charge in [-0.25, -0.2) is 4.79 Å². The van der Waals surface area contributed by atoms with Gasteiger partial charge in [0.15, 0.2) is 6.10 Å². The van der Waals surface area contributed by atoms with Crippen molar-refractivity contribution in [2.45, 2.75) is 32.5 Å². The molecule has 0 aliphatic carbocycles. The molecule has 8 heteroatoms. The summed E-state index contributed by atoms with van der Waals surface area (Å²) in [5.74, 6) is 0.518. The molecule has 3 aromatic carbocycles. The lowest BCUT2D eigenvalue weighted by molar-refractivity contribution is -0.151. The Morgan fingerprint density at radius 1 is 1.00 bits per heavy atom. The molecule has 0 amide bonds. The predicted molar refractivity (Wildman–Crippen MR) is 112 cm³/mol. The monoisotopic (exact) mass is 452 g/mol. The molecule has 0 aliphatic heterocycles. The fourth-order valence-corrected chi connectivity index (χ4v) is 3.02. The molecule has 0 aromatic heterocycles. The Hall–Kier alpha value is -2.93. The Bertz CT molecular complexity index is 1080. The van der Waals surface area contributed by atoms with Crippen LogP contribution in [-0.4, -0.2) is 18.7 Å². The number of carbonyl (C=O) groups is 1. The molecule has 3 aromatic rings. The molecule has 4 nitrogen and oxygen atoms in total. The zero-order valence-corrected chi connectivity index (χ0v) is 17.6. The molecular weight excluding hydrogens is 433 g/mol. The van der Waals surface area contributed by atoms with Gasteiger partial charge in [0, 0.05) is 0 Å². The van der Waals surface area contributed by atoms with E-state index in [9.17, 15) is 18.0 Å². The summed E-state index contributed by atoms with van der Waals surface area (Å²) in [5.41, 5.74) is -0.850. The van der Waals surface area contributed by atoms with E-state index in [1.807, 2.05) is 13.0 Å². The summed E-state index contributed by atoms with van der Waals surface area (Å²) < 4.78 is 54.8. The zero-order chi connectivity index (χ0) is 22.6. The molecule has 164 valence electrons. The molecule has 0 heterocycles. The number of hydrogen-bond acceptors (Lipinski definition) is 4. The summed E-state index contributed by atoms with van der Waals surface area (Å²) in [6.07, 6.45) is -4.53. The van der Waals surface area contributed by atoms with Crippen molar-refractivity contribution < 1.29 is 32.2 Å². The second-order valence-corrected chi connectivity index (χ2v) is 7.25. The highest BCUT2D eigenvalue weighted by Crippen LogP contribution is 2.37. The zero-order valence-electron chi connectivity index (χ0n) is 16.8. The maximum Gasteiger partial charge on any atom is 0.416 e. The van der Waals surface area contributed by atoms with Crippen LogP contribution in [0.2, 0.25) is 5.02 Å². The molecule has 0 bridgehead atoms. The topological polar surface area (TPSA) is 44.8 Å². The number of halogens is 4. The number of hydrogen-bond donors (Lipinski definition) is 0. The third-order valence-corrected chi connectivity index (χ3v) is 4.66. The van der Waals surface area contributed by atoms with Gasteiger partial charge in [-0.2, -0.15) is 13.2 Å². The number of ether oxygens (including phenoxy) is 3. The van der Waals surface area contributed by atoms with E-state index in [1.165, 1.54) is 6.07 Å². The van der Waals surface area contributed by atoms with E-state index in [0.717, 1.165) is 29.3 Å². The van der Waals surface area contributed by atoms with Crippen molar-refractivity contribution in [2.24, 2.45) is 0 Å². The first-order valence-electron chi connectivity index (χ1n) is 9.59. The summed E-state index contributed by atoms with van der Waals surface area (Å²) in [7, 11) is 0. The highest BCUT2D eigenvalue weighted by atomic mass is 35.5. The van der Waals surface area contributed by atoms with Gasteiger partial charge < -0.3 is 14.2 Å². The van der Waals surface area contributed by atoms with E-state index in [2.05, 4.69) is 0 Å². The molecule has 0 radical (unpaired) electrons. The number of carbonyl (C=O) groups excluding carboxylic acids is 1. The number of esters is 1. The van der Waals surface area contributed by atoms with E-state index in [4.69, 9.17) is 25.8 Å². The average Bonchev–Trinajstić information content (AvgIpc) is 2.72. The minimum atomic E-state index is -4.48. The van der Waals surface area contributed by atoms with Crippen molar-refractivity contribution in [1.29, 1.82) is 0 Å². The van der Waals surface area contributed by atoms with E-state index in [-0.39, 0.29) is 10.8 Å². The van der Waals surface area contributed by atoms with Crippen molar-refractivity contribution in [3.63, 3.8) is 0 Å². The molecule has 3 rings (SSSR count). The first-order chi connectivity index (χ1) is 14.7. The molecule has 31 heavy (non-hydrogen) atoms. The smallest absolute Gasteiger partial charge is 0.416 e. The van der Waals surface area contributed by atoms with Gasteiger partial charge in [-0.15, -0.1) is 0 Å². The van der Waals surface area contributed by atoms with Crippen LogP contribution in [0.5, 0.6) is 17.2 Å². The van der Waals surface area contributed by atoms with Crippen LogP contribution in [0.15, 0.2) is 54.6 Å². The van der Waals surface area contributed by atoms with E-state index in [1.54, 1.807) is 37.3 Å². The SMILES string of the molecule is CCCOC(=O)[C@@H](C)Oc1ccc2ccc(Oc3ccc(C(F)(F)F)cc3Cl)cc2c1. The van der Waals surface area contributed by atoms with E-state index < -0.39 is 23.8 Å². The molecular formula is C23H20ClF3O4. The fraction of sp³-hybridized carbons (Fsp3) is 0.261. The largest absolute Gasteiger partial charge is 0.479 e. The highest BCUT2D eigenvalue weighted by Gasteiger charge is 2.31. The molecule has 0 saturated heterocycles. The van der Waals surface area contributed by atoms with E-state index >= 15 is 0 Å². The minimum Gasteiger partial charge on any atom is -0.479 e. The van der Waals surface area contributed by atoms with Gasteiger partial charge in [-0.1, -0.05) is 30.7 Å². The molecule has 0 N–H and O–H groups in total.